The largest absolute Gasteiger partial charge is 0.326 e. The van der Waals surface area contributed by atoms with Gasteiger partial charge in [-0.3, -0.25) is 0 Å². The van der Waals surface area contributed by atoms with Crippen molar-refractivity contribution >= 4 is 21.4 Å². The number of rotatable bonds is 5. The van der Waals surface area contributed by atoms with Gasteiger partial charge in [-0.05, 0) is 43.5 Å². The Labute approximate surface area is 129 Å². The third kappa shape index (κ3) is 3.12. The highest BCUT2D eigenvalue weighted by atomic mass is 32.1. The van der Waals surface area contributed by atoms with Crippen LogP contribution >= 0.6 is 11.3 Å². The van der Waals surface area contributed by atoms with Crippen molar-refractivity contribution in [1.29, 1.82) is 0 Å². The van der Waals surface area contributed by atoms with Crippen LogP contribution in [0.3, 0.4) is 0 Å². The van der Waals surface area contributed by atoms with Crippen molar-refractivity contribution in [2.45, 2.75) is 38.8 Å². The number of hydrogen-bond donors (Lipinski definition) is 1. The van der Waals surface area contributed by atoms with Gasteiger partial charge in [-0.2, -0.15) is 0 Å². The lowest BCUT2D eigenvalue weighted by Crippen LogP contribution is -2.24. The van der Waals surface area contributed by atoms with E-state index in [1.807, 2.05) is 6.07 Å². The Balaban J connectivity index is 1.84. The van der Waals surface area contributed by atoms with Gasteiger partial charge in [0.2, 0.25) is 0 Å². The van der Waals surface area contributed by atoms with E-state index in [1.165, 1.54) is 25.7 Å². The van der Waals surface area contributed by atoms with Gasteiger partial charge in [0.15, 0.2) is 0 Å². The molecule has 21 heavy (non-hydrogen) atoms. The van der Waals surface area contributed by atoms with E-state index in [4.69, 9.17) is 5.73 Å². The molecule has 0 unspecified atom stereocenters. The lowest BCUT2D eigenvalue weighted by molar-refractivity contribution is 0.271. The Hall–Kier alpha value is -0.970. The number of benzene rings is 1. The fourth-order valence-electron chi connectivity index (χ4n) is 3.52. The van der Waals surface area contributed by atoms with Crippen molar-refractivity contribution in [3.05, 3.63) is 34.5 Å². The molecule has 3 rings (SSSR count). The molecule has 4 heteroatoms. The molecule has 1 aliphatic carbocycles. The first-order chi connectivity index (χ1) is 10.2. The second-order valence-corrected chi connectivity index (χ2v) is 7.30. The second kappa shape index (κ2) is 6.42. The monoisotopic (exact) mass is 306 g/mol. The third-order valence-corrected chi connectivity index (χ3v) is 5.72. The fourth-order valence-corrected chi connectivity index (χ4v) is 4.62. The number of nitrogens with two attached hydrogens (primary N) is 1. The number of nitrogens with zero attached hydrogens (tertiary/aromatic N) is 1. The number of hydrogen-bond acceptors (Lipinski definition) is 3. The summed E-state index contributed by atoms with van der Waals surface area (Å²) in [5.41, 5.74) is 6.97. The Bertz CT molecular complexity index is 617. The van der Waals surface area contributed by atoms with Gasteiger partial charge >= 0.3 is 0 Å². The zero-order valence-electron chi connectivity index (χ0n) is 12.6. The third-order valence-electron chi connectivity index (χ3n) is 4.50. The van der Waals surface area contributed by atoms with Gasteiger partial charge in [0.25, 0.3) is 0 Å². The minimum Gasteiger partial charge on any atom is -0.326 e. The van der Waals surface area contributed by atoms with E-state index in [1.54, 1.807) is 23.5 Å². The minimum atomic E-state index is -0.118. The Morgan fingerprint density at radius 2 is 2.10 bits per heavy atom. The summed E-state index contributed by atoms with van der Waals surface area (Å²) >= 11 is 1.63. The van der Waals surface area contributed by atoms with Crippen LogP contribution in [-0.4, -0.2) is 18.5 Å². The molecule has 0 bridgehead atoms. The normalized spacial score (nSPS) is 16.4. The lowest BCUT2D eigenvalue weighted by atomic mass is 10.1. The van der Waals surface area contributed by atoms with Crippen LogP contribution in [0.25, 0.3) is 10.1 Å². The molecule has 1 aromatic carbocycles. The van der Waals surface area contributed by atoms with Crippen molar-refractivity contribution in [2.24, 2.45) is 11.7 Å². The van der Waals surface area contributed by atoms with Gasteiger partial charge in [0, 0.05) is 34.6 Å². The Morgan fingerprint density at radius 3 is 2.81 bits per heavy atom. The molecule has 2 N–H and O–H groups in total. The molecule has 2 aromatic rings. The first-order valence-corrected chi connectivity index (χ1v) is 8.58. The van der Waals surface area contributed by atoms with Gasteiger partial charge in [-0.15, -0.1) is 11.3 Å². The molecule has 0 atom stereocenters. The summed E-state index contributed by atoms with van der Waals surface area (Å²) in [5, 5.41) is 0.779. The van der Waals surface area contributed by atoms with Crippen molar-refractivity contribution < 1.29 is 4.39 Å². The molecule has 114 valence electrons. The predicted octanol–water partition coefficient (Wildman–Crippen LogP) is 4.12. The van der Waals surface area contributed by atoms with Gasteiger partial charge in [0.1, 0.15) is 5.82 Å². The average molecular weight is 306 g/mol. The zero-order chi connectivity index (χ0) is 14.8. The van der Waals surface area contributed by atoms with Crippen LogP contribution in [0, 0.1) is 11.7 Å². The van der Waals surface area contributed by atoms with E-state index in [-0.39, 0.29) is 5.82 Å². The van der Waals surface area contributed by atoms with E-state index < -0.39 is 0 Å². The van der Waals surface area contributed by atoms with Gasteiger partial charge in [0.05, 0.1) is 0 Å². The topological polar surface area (TPSA) is 29.3 Å². The van der Waals surface area contributed by atoms with Crippen molar-refractivity contribution in [1.82, 2.24) is 4.90 Å². The molecule has 1 heterocycles. The van der Waals surface area contributed by atoms with E-state index in [2.05, 4.69) is 11.9 Å². The SMILES string of the molecule is CN(Cc1c(CN)sc2cccc(F)c12)CC1CCCC1. The first-order valence-electron chi connectivity index (χ1n) is 7.76. The molecule has 0 spiro atoms. The maximum atomic E-state index is 14.2. The average Bonchev–Trinajstić information content (AvgIpc) is 3.07. The van der Waals surface area contributed by atoms with Gasteiger partial charge in [-0.25, -0.2) is 4.39 Å². The highest BCUT2D eigenvalue weighted by Gasteiger charge is 2.20. The molecule has 1 fully saturated rings. The smallest absolute Gasteiger partial charge is 0.132 e. The van der Waals surface area contributed by atoms with Crippen LogP contribution in [0.2, 0.25) is 0 Å². The second-order valence-electron chi connectivity index (χ2n) is 6.17. The molecule has 0 aliphatic heterocycles. The Kier molecular flexibility index (Phi) is 4.57. The van der Waals surface area contributed by atoms with Crippen LogP contribution in [-0.2, 0) is 13.1 Å². The van der Waals surface area contributed by atoms with E-state index in [0.717, 1.165) is 39.5 Å². The predicted molar refractivity (Wildman–Crippen MR) is 88.0 cm³/mol. The highest BCUT2D eigenvalue weighted by Crippen LogP contribution is 2.34. The van der Waals surface area contributed by atoms with Gasteiger partial charge in [-0.1, -0.05) is 18.9 Å². The van der Waals surface area contributed by atoms with Gasteiger partial charge < -0.3 is 10.6 Å². The molecule has 1 aliphatic rings. The summed E-state index contributed by atoms with van der Waals surface area (Å²) in [6.07, 6.45) is 5.41. The number of halogens is 1. The molecule has 2 nitrogen and oxygen atoms in total. The zero-order valence-corrected chi connectivity index (χ0v) is 13.4. The minimum absolute atomic E-state index is 0.118. The van der Waals surface area contributed by atoms with E-state index in [9.17, 15) is 4.39 Å². The van der Waals surface area contributed by atoms with Crippen LogP contribution < -0.4 is 5.73 Å². The first kappa shape index (κ1) is 14.9. The molecular formula is C17H23FN2S. The lowest BCUT2D eigenvalue weighted by Gasteiger charge is -2.21. The summed E-state index contributed by atoms with van der Waals surface area (Å²) < 4.78 is 15.2. The molecule has 1 saturated carbocycles. The Morgan fingerprint density at radius 1 is 1.33 bits per heavy atom. The summed E-state index contributed by atoms with van der Waals surface area (Å²) in [4.78, 5) is 3.46. The van der Waals surface area contributed by atoms with E-state index in [0.29, 0.717) is 6.54 Å². The maximum absolute atomic E-state index is 14.2. The molecule has 0 radical (unpaired) electrons. The fraction of sp³-hybridized carbons (Fsp3) is 0.529. The van der Waals surface area contributed by atoms with Crippen LogP contribution in [0.1, 0.15) is 36.1 Å². The molecule has 1 aromatic heterocycles. The van der Waals surface area contributed by atoms with Crippen molar-refractivity contribution in [2.75, 3.05) is 13.6 Å². The number of thiophene rings is 1. The summed E-state index contributed by atoms with van der Waals surface area (Å²) in [5.74, 6) is 0.693. The molecular weight excluding hydrogens is 283 g/mol. The molecule has 0 saturated heterocycles. The standard InChI is InChI=1S/C17H23FN2S/c1-20(10-12-5-2-3-6-12)11-13-16(9-19)21-15-8-4-7-14(18)17(13)15/h4,7-8,12H,2-3,5-6,9-11,19H2,1H3. The van der Waals surface area contributed by atoms with E-state index >= 15 is 0 Å². The van der Waals surface area contributed by atoms with Crippen LogP contribution in [0.4, 0.5) is 4.39 Å². The van der Waals surface area contributed by atoms with Crippen LogP contribution in [0.5, 0.6) is 0 Å². The number of fused-ring (bicyclic) bond motifs is 1. The van der Waals surface area contributed by atoms with Crippen LogP contribution in [0.15, 0.2) is 18.2 Å². The highest BCUT2D eigenvalue weighted by molar-refractivity contribution is 7.19. The summed E-state index contributed by atoms with van der Waals surface area (Å²) in [6.45, 7) is 2.39. The van der Waals surface area contributed by atoms with Crippen molar-refractivity contribution in [3.8, 4) is 0 Å². The van der Waals surface area contributed by atoms with Crippen molar-refractivity contribution in [3.63, 3.8) is 0 Å². The molecule has 0 amide bonds. The maximum Gasteiger partial charge on any atom is 0.132 e. The quantitative estimate of drug-likeness (QED) is 0.900. The summed E-state index contributed by atoms with van der Waals surface area (Å²) in [6, 6.07) is 5.32. The summed E-state index contributed by atoms with van der Waals surface area (Å²) in [7, 11) is 2.14.